The van der Waals surface area contributed by atoms with Crippen LogP contribution in [0.5, 0.6) is 0 Å². The predicted molar refractivity (Wildman–Crippen MR) is 99.6 cm³/mol. The predicted octanol–water partition coefficient (Wildman–Crippen LogP) is 3.72. The molecule has 0 unspecified atom stereocenters. The molecule has 0 spiro atoms. The Kier molecular flexibility index (Phi) is 5.78. The van der Waals surface area contributed by atoms with Crippen molar-refractivity contribution in [1.82, 2.24) is 10.3 Å². The van der Waals surface area contributed by atoms with Crippen LogP contribution in [-0.4, -0.2) is 37.1 Å². The maximum atomic E-state index is 11.8. The van der Waals surface area contributed by atoms with Gasteiger partial charge in [0.2, 0.25) is 0 Å². The zero-order chi connectivity index (χ0) is 17.8. The number of morpholine rings is 1. The number of amides is 1. The largest absolute Gasteiger partial charge is 0.370 e. The van der Waals surface area contributed by atoms with Gasteiger partial charge in [0.1, 0.15) is 11.9 Å². The number of halogens is 2. The van der Waals surface area contributed by atoms with Gasteiger partial charge in [0.25, 0.3) is 5.91 Å². The van der Waals surface area contributed by atoms with Crippen molar-refractivity contribution in [3.8, 4) is 0 Å². The third kappa shape index (κ3) is 4.24. The number of aromatic nitrogens is 1. The average Bonchev–Trinajstić information content (AvgIpc) is 2.64. The van der Waals surface area contributed by atoms with Crippen molar-refractivity contribution in [3.63, 3.8) is 0 Å². The Morgan fingerprint density at radius 1 is 1.32 bits per heavy atom. The van der Waals surface area contributed by atoms with Gasteiger partial charge < -0.3 is 15.0 Å². The van der Waals surface area contributed by atoms with Crippen molar-refractivity contribution in [1.29, 1.82) is 0 Å². The maximum absolute atomic E-state index is 11.8. The number of ether oxygens (including phenoxy) is 1. The van der Waals surface area contributed by atoms with Crippen molar-refractivity contribution in [2.45, 2.75) is 13.0 Å². The number of nitrogens with zero attached hydrogens (tertiary/aromatic N) is 2. The van der Waals surface area contributed by atoms with Crippen LogP contribution in [0.25, 0.3) is 0 Å². The van der Waals surface area contributed by atoms with E-state index >= 15 is 0 Å². The topological polar surface area (TPSA) is 54.5 Å². The molecule has 1 atom stereocenters. The lowest BCUT2D eigenvalue weighted by atomic mass is 10.1. The van der Waals surface area contributed by atoms with Gasteiger partial charge in [0, 0.05) is 25.8 Å². The summed E-state index contributed by atoms with van der Waals surface area (Å²) in [5.41, 5.74) is 1.54. The van der Waals surface area contributed by atoms with E-state index in [-0.39, 0.29) is 12.0 Å². The minimum absolute atomic E-state index is 0.103. The molecule has 25 heavy (non-hydrogen) atoms. The van der Waals surface area contributed by atoms with Crippen molar-refractivity contribution >= 4 is 34.9 Å². The van der Waals surface area contributed by atoms with Crippen LogP contribution in [0.2, 0.25) is 10.0 Å². The molecule has 2 heterocycles. The Balaban J connectivity index is 1.72. The molecule has 0 bridgehead atoms. The smallest absolute Gasteiger partial charge is 0.252 e. The molecular weight excluding hydrogens is 361 g/mol. The minimum atomic E-state index is -0.114. The van der Waals surface area contributed by atoms with E-state index in [1.165, 1.54) is 0 Å². The highest BCUT2D eigenvalue weighted by Crippen LogP contribution is 2.30. The molecule has 1 aliphatic heterocycles. The summed E-state index contributed by atoms with van der Waals surface area (Å²) in [5.74, 6) is 0.707. The lowest BCUT2D eigenvalue weighted by molar-refractivity contribution is 0.0395. The van der Waals surface area contributed by atoms with Crippen molar-refractivity contribution < 1.29 is 9.53 Å². The van der Waals surface area contributed by atoms with Crippen LogP contribution in [0.15, 0.2) is 36.5 Å². The van der Waals surface area contributed by atoms with Gasteiger partial charge in [-0.25, -0.2) is 4.98 Å². The van der Waals surface area contributed by atoms with Gasteiger partial charge in [-0.1, -0.05) is 29.3 Å². The molecule has 132 valence electrons. The Morgan fingerprint density at radius 2 is 2.16 bits per heavy atom. The van der Waals surface area contributed by atoms with Gasteiger partial charge in [-0.2, -0.15) is 0 Å². The number of carbonyl (C=O) groups is 1. The average molecular weight is 380 g/mol. The van der Waals surface area contributed by atoms with Crippen LogP contribution >= 0.6 is 23.2 Å². The monoisotopic (exact) mass is 379 g/mol. The first kappa shape index (κ1) is 18.0. The summed E-state index contributed by atoms with van der Waals surface area (Å²) in [6.07, 6.45) is 1.50. The fourth-order valence-corrected chi connectivity index (χ4v) is 3.05. The van der Waals surface area contributed by atoms with Crippen molar-refractivity contribution in [3.05, 3.63) is 57.7 Å². The number of rotatable bonds is 4. The molecule has 3 rings (SSSR count). The van der Waals surface area contributed by atoms with E-state index in [2.05, 4.69) is 15.2 Å². The van der Waals surface area contributed by atoms with Gasteiger partial charge in [-0.05, 0) is 36.8 Å². The first-order chi connectivity index (χ1) is 12.1. The quantitative estimate of drug-likeness (QED) is 0.879. The van der Waals surface area contributed by atoms with Gasteiger partial charge in [0.05, 0.1) is 22.2 Å². The van der Waals surface area contributed by atoms with E-state index < -0.39 is 0 Å². The molecule has 5 nitrogen and oxygen atoms in total. The minimum Gasteiger partial charge on any atom is -0.370 e. The fraction of sp³-hybridized carbons (Fsp3) is 0.333. The second-order valence-corrected chi connectivity index (χ2v) is 6.56. The SMILES string of the molecule is CCNC(=O)c1ccc(N2CCO[C@@H](c3ccc(Cl)c(Cl)c3)C2)nc1. The van der Waals surface area contributed by atoms with E-state index in [0.717, 1.165) is 17.9 Å². The molecule has 1 N–H and O–H groups in total. The van der Waals surface area contributed by atoms with E-state index in [0.29, 0.717) is 35.3 Å². The second-order valence-electron chi connectivity index (χ2n) is 5.74. The molecule has 1 saturated heterocycles. The highest BCUT2D eigenvalue weighted by atomic mass is 35.5. The number of hydrogen-bond donors (Lipinski definition) is 1. The maximum Gasteiger partial charge on any atom is 0.252 e. The summed E-state index contributed by atoms with van der Waals surface area (Å²) in [6.45, 7) is 4.47. The van der Waals surface area contributed by atoms with Gasteiger partial charge in [0.15, 0.2) is 0 Å². The van der Waals surface area contributed by atoms with E-state index in [1.54, 1.807) is 18.3 Å². The lowest BCUT2D eigenvalue weighted by Crippen LogP contribution is -2.38. The third-order valence-corrected chi connectivity index (χ3v) is 4.79. The zero-order valence-electron chi connectivity index (χ0n) is 13.8. The summed E-state index contributed by atoms with van der Waals surface area (Å²) < 4.78 is 5.87. The van der Waals surface area contributed by atoms with Gasteiger partial charge >= 0.3 is 0 Å². The molecule has 0 saturated carbocycles. The summed E-state index contributed by atoms with van der Waals surface area (Å²) in [5, 5.41) is 3.81. The van der Waals surface area contributed by atoms with Crippen LogP contribution in [0.4, 0.5) is 5.82 Å². The van der Waals surface area contributed by atoms with Gasteiger partial charge in [-0.15, -0.1) is 0 Å². The fourth-order valence-electron chi connectivity index (χ4n) is 2.74. The molecule has 0 radical (unpaired) electrons. The molecule has 0 aliphatic carbocycles. The molecule has 2 aromatic rings. The normalized spacial score (nSPS) is 17.4. The Bertz CT molecular complexity index is 752. The van der Waals surface area contributed by atoms with Crippen LogP contribution in [-0.2, 0) is 4.74 Å². The number of benzene rings is 1. The molecule has 7 heteroatoms. The lowest BCUT2D eigenvalue weighted by Gasteiger charge is -2.34. The standard InChI is InChI=1S/C18H19Cl2N3O2/c1-2-21-18(24)13-4-6-17(22-10-13)23-7-8-25-16(11-23)12-3-5-14(19)15(20)9-12/h3-6,9-10,16H,2,7-8,11H2,1H3,(H,21,24)/t16-/m1/s1. The number of pyridine rings is 1. The molecule has 1 amide bonds. The Labute approximate surface area is 156 Å². The van der Waals surface area contributed by atoms with E-state index in [9.17, 15) is 4.79 Å². The Morgan fingerprint density at radius 3 is 2.84 bits per heavy atom. The summed E-state index contributed by atoms with van der Waals surface area (Å²) in [6, 6.07) is 9.19. The van der Waals surface area contributed by atoms with Crippen LogP contribution in [0.3, 0.4) is 0 Å². The number of carbonyl (C=O) groups excluding carboxylic acids is 1. The van der Waals surface area contributed by atoms with Crippen molar-refractivity contribution in [2.24, 2.45) is 0 Å². The highest BCUT2D eigenvalue weighted by Gasteiger charge is 2.23. The molecular formula is C18H19Cl2N3O2. The van der Waals surface area contributed by atoms with Crippen LogP contribution < -0.4 is 10.2 Å². The summed E-state index contributed by atoms with van der Waals surface area (Å²) >= 11 is 12.1. The van der Waals surface area contributed by atoms with Crippen molar-refractivity contribution in [2.75, 3.05) is 31.1 Å². The molecule has 1 aliphatic rings. The summed E-state index contributed by atoms with van der Waals surface area (Å²) in [7, 11) is 0. The molecule has 1 aromatic heterocycles. The first-order valence-corrected chi connectivity index (χ1v) is 8.90. The molecule has 1 fully saturated rings. The highest BCUT2D eigenvalue weighted by molar-refractivity contribution is 6.42. The van der Waals surface area contributed by atoms with E-state index in [1.807, 2.05) is 25.1 Å². The number of nitrogens with one attached hydrogen (secondary N) is 1. The van der Waals surface area contributed by atoms with Crippen LogP contribution in [0, 0.1) is 0 Å². The van der Waals surface area contributed by atoms with Crippen LogP contribution in [0.1, 0.15) is 28.9 Å². The zero-order valence-corrected chi connectivity index (χ0v) is 15.3. The van der Waals surface area contributed by atoms with Gasteiger partial charge in [-0.3, -0.25) is 4.79 Å². The third-order valence-electron chi connectivity index (χ3n) is 4.05. The second kappa shape index (κ2) is 8.04. The first-order valence-electron chi connectivity index (χ1n) is 8.14. The van der Waals surface area contributed by atoms with E-state index in [4.69, 9.17) is 27.9 Å². The molecule has 1 aromatic carbocycles. The summed E-state index contributed by atoms with van der Waals surface area (Å²) in [4.78, 5) is 18.4. The number of hydrogen-bond acceptors (Lipinski definition) is 4. The number of anilines is 1. The Hall–Kier alpha value is -1.82.